The molecule has 0 saturated heterocycles. The van der Waals surface area contributed by atoms with Gasteiger partial charge in [0.05, 0.1) is 5.39 Å². The van der Waals surface area contributed by atoms with E-state index in [1.807, 2.05) is 30.5 Å². The highest BCUT2D eigenvalue weighted by atomic mass is 35.5. The van der Waals surface area contributed by atoms with Gasteiger partial charge in [0.15, 0.2) is 5.58 Å². The van der Waals surface area contributed by atoms with Crippen molar-refractivity contribution in [3.63, 3.8) is 0 Å². The van der Waals surface area contributed by atoms with E-state index >= 15 is 0 Å². The van der Waals surface area contributed by atoms with E-state index in [1.165, 1.54) is 11.0 Å². The summed E-state index contributed by atoms with van der Waals surface area (Å²) in [6, 6.07) is 11.1. The molecule has 95 valence electrons. The monoisotopic (exact) mass is 290 g/mol. The van der Waals surface area contributed by atoms with Gasteiger partial charge in [0, 0.05) is 10.5 Å². The topological polar surface area (TPSA) is 45.9 Å². The van der Waals surface area contributed by atoms with Gasteiger partial charge in [0.1, 0.15) is 10.7 Å². The number of fused-ring (bicyclic) bond motifs is 1. The summed E-state index contributed by atoms with van der Waals surface area (Å²) in [5, 5.41) is 16.3. The lowest BCUT2D eigenvalue weighted by Gasteiger charge is -1.99. The zero-order valence-electron chi connectivity index (χ0n) is 10.0. The predicted octanol–water partition coefficient (Wildman–Crippen LogP) is 5.01. The molecular formula is C14H9ClNO2S. The molecule has 0 aliphatic rings. The molecule has 1 aromatic heterocycles. The second kappa shape index (κ2) is 4.79. The van der Waals surface area contributed by atoms with E-state index in [-0.39, 0.29) is 10.8 Å². The number of halogens is 1. The summed E-state index contributed by atoms with van der Waals surface area (Å²) in [7, 11) is 0. The first kappa shape index (κ1) is 12.4. The highest BCUT2D eigenvalue weighted by Gasteiger charge is 2.16. The van der Waals surface area contributed by atoms with Gasteiger partial charge in [-0.2, -0.15) is 0 Å². The van der Waals surface area contributed by atoms with Gasteiger partial charge < -0.3 is 4.52 Å². The van der Waals surface area contributed by atoms with Crippen molar-refractivity contribution in [2.24, 2.45) is 0 Å². The Kier molecular flexibility index (Phi) is 3.12. The average molecular weight is 291 g/mol. The molecule has 3 aromatic rings. The standard InChI is InChI=1S/C14H9ClNO2S/c1-19-9-4-2-8(3-5-9)13-10-6-7-11(17)12(15)14(10)18-16-13/h2-7H,1H3. The number of aromatic nitrogens is 1. The van der Waals surface area contributed by atoms with Crippen LogP contribution >= 0.6 is 23.4 Å². The molecule has 5 heteroatoms. The SMILES string of the molecule is CSc1ccc(-c2noc3c(Cl)c([O])ccc23)cc1. The highest BCUT2D eigenvalue weighted by molar-refractivity contribution is 7.98. The number of hydrogen-bond acceptors (Lipinski definition) is 3. The zero-order valence-corrected chi connectivity index (χ0v) is 11.6. The lowest BCUT2D eigenvalue weighted by Crippen LogP contribution is -1.79. The van der Waals surface area contributed by atoms with Crippen LogP contribution in [0.4, 0.5) is 0 Å². The second-order valence-corrected chi connectivity index (χ2v) is 5.27. The van der Waals surface area contributed by atoms with Crippen LogP contribution in [0.2, 0.25) is 5.02 Å². The van der Waals surface area contributed by atoms with E-state index in [0.29, 0.717) is 11.3 Å². The molecule has 19 heavy (non-hydrogen) atoms. The number of thioether (sulfide) groups is 1. The first-order valence-electron chi connectivity index (χ1n) is 5.60. The summed E-state index contributed by atoms with van der Waals surface area (Å²) in [5.74, 6) is -0.255. The van der Waals surface area contributed by atoms with Gasteiger partial charge in [0.25, 0.3) is 0 Å². The smallest absolute Gasteiger partial charge is 0.201 e. The van der Waals surface area contributed by atoms with Crippen molar-refractivity contribution in [2.45, 2.75) is 4.90 Å². The Bertz CT molecular complexity index is 737. The number of nitrogens with zero attached hydrogens (tertiary/aromatic N) is 1. The fraction of sp³-hybridized carbons (Fsp3) is 0.0714. The van der Waals surface area contributed by atoms with Crippen LogP contribution in [0.3, 0.4) is 0 Å². The van der Waals surface area contributed by atoms with E-state index in [4.69, 9.17) is 16.1 Å². The first-order valence-corrected chi connectivity index (χ1v) is 7.20. The molecule has 0 aliphatic carbocycles. The molecule has 0 saturated carbocycles. The van der Waals surface area contributed by atoms with Crippen molar-refractivity contribution in [2.75, 3.05) is 6.26 Å². The maximum atomic E-state index is 11.4. The molecule has 0 N–H and O–H groups in total. The summed E-state index contributed by atoms with van der Waals surface area (Å²) < 4.78 is 5.18. The molecule has 0 atom stereocenters. The van der Waals surface area contributed by atoms with E-state index in [2.05, 4.69) is 5.16 Å². The minimum Gasteiger partial charge on any atom is -0.354 e. The van der Waals surface area contributed by atoms with Crippen LogP contribution in [0.5, 0.6) is 5.75 Å². The number of hydrogen-bond donors (Lipinski definition) is 0. The quantitative estimate of drug-likeness (QED) is 0.623. The maximum Gasteiger partial charge on any atom is 0.201 e. The van der Waals surface area contributed by atoms with Crippen molar-refractivity contribution >= 4 is 34.3 Å². The van der Waals surface area contributed by atoms with Gasteiger partial charge in [-0.05, 0) is 30.5 Å². The second-order valence-electron chi connectivity index (χ2n) is 4.01. The van der Waals surface area contributed by atoms with Gasteiger partial charge in [-0.25, -0.2) is 0 Å². The zero-order chi connectivity index (χ0) is 13.4. The lowest BCUT2D eigenvalue weighted by atomic mass is 10.1. The Morgan fingerprint density at radius 2 is 1.89 bits per heavy atom. The molecule has 0 amide bonds. The molecule has 0 fully saturated rings. The van der Waals surface area contributed by atoms with Crippen molar-refractivity contribution in [3.8, 4) is 17.0 Å². The van der Waals surface area contributed by atoms with Gasteiger partial charge in [0.2, 0.25) is 5.75 Å². The number of benzene rings is 2. The van der Waals surface area contributed by atoms with Gasteiger partial charge in [-0.3, -0.25) is 5.11 Å². The fourth-order valence-corrected chi connectivity index (χ4v) is 2.52. The molecule has 0 unspecified atom stereocenters. The molecule has 0 aliphatic heterocycles. The molecule has 2 aromatic carbocycles. The van der Waals surface area contributed by atoms with Crippen molar-refractivity contribution in [1.82, 2.24) is 5.16 Å². The molecule has 0 spiro atoms. The molecule has 1 radical (unpaired) electrons. The Labute approximate surface area is 119 Å². The molecule has 3 nitrogen and oxygen atoms in total. The van der Waals surface area contributed by atoms with Crippen LogP contribution in [-0.4, -0.2) is 11.4 Å². The summed E-state index contributed by atoms with van der Waals surface area (Å²) in [6.45, 7) is 0. The Hall–Kier alpha value is -1.65. The van der Waals surface area contributed by atoms with Crippen LogP contribution < -0.4 is 0 Å². The van der Waals surface area contributed by atoms with E-state index in [1.54, 1.807) is 17.8 Å². The first-order chi connectivity index (χ1) is 9.20. The van der Waals surface area contributed by atoms with Crippen LogP contribution in [0, 0.1) is 0 Å². The van der Waals surface area contributed by atoms with Gasteiger partial charge in [-0.15, -0.1) is 11.8 Å². The number of rotatable bonds is 2. The highest BCUT2D eigenvalue weighted by Crippen LogP contribution is 2.37. The minimum absolute atomic E-state index is 0.0805. The van der Waals surface area contributed by atoms with Crippen LogP contribution in [0.25, 0.3) is 22.2 Å². The summed E-state index contributed by atoms with van der Waals surface area (Å²) in [5.41, 5.74) is 1.98. The molecule has 3 rings (SSSR count). The Morgan fingerprint density at radius 1 is 1.16 bits per heavy atom. The summed E-state index contributed by atoms with van der Waals surface area (Å²) in [4.78, 5) is 1.18. The van der Waals surface area contributed by atoms with Crippen molar-refractivity contribution in [3.05, 3.63) is 41.4 Å². The minimum atomic E-state index is -0.255. The van der Waals surface area contributed by atoms with Gasteiger partial charge in [-0.1, -0.05) is 28.9 Å². The largest absolute Gasteiger partial charge is 0.354 e. The van der Waals surface area contributed by atoms with E-state index in [9.17, 15) is 5.11 Å². The lowest BCUT2D eigenvalue weighted by molar-refractivity contribution is 0.354. The third-order valence-electron chi connectivity index (χ3n) is 2.91. The van der Waals surface area contributed by atoms with E-state index in [0.717, 1.165) is 10.9 Å². The normalized spacial score (nSPS) is 11.1. The summed E-state index contributed by atoms with van der Waals surface area (Å²) in [6.07, 6.45) is 2.02. The molecular weight excluding hydrogens is 282 g/mol. The van der Waals surface area contributed by atoms with E-state index < -0.39 is 0 Å². The Balaban J connectivity index is 2.17. The molecule has 1 heterocycles. The van der Waals surface area contributed by atoms with Crippen LogP contribution in [0.1, 0.15) is 0 Å². The van der Waals surface area contributed by atoms with Gasteiger partial charge >= 0.3 is 0 Å². The molecule has 0 bridgehead atoms. The van der Waals surface area contributed by atoms with Crippen molar-refractivity contribution in [1.29, 1.82) is 0 Å². The fourth-order valence-electron chi connectivity index (χ4n) is 1.91. The third kappa shape index (κ3) is 2.07. The summed E-state index contributed by atoms with van der Waals surface area (Å²) >= 11 is 7.60. The van der Waals surface area contributed by atoms with Crippen LogP contribution in [0.15, 0.2) is 45.8 Å². The van der Waals surface area contributed by atoms with Crippen LogP contribution in [-0.2, 0) is 5.11 Å². The van der Waals surface area contributed by atoms with Crippen molar-refractivity contribution < 1.29 is 9.63 Å². The predicted molar refractivity (Wildman–Crippen MR) is 76.4 cm³/mol. The maximum absolute atomic E-state index is 11.4. The Morgan fingerprint density at radius 3 is 2.58 bits per heavy atom. The average Bonchev–Trinajstić information content (AvgIpc) is 2.87. The third-order valence-corrected chi connectivity index (χ3v) is 4.01.